The fourth-order valence-corrected chi connectivity index (χ4v) is 3.75. The Hall–Kier alpha value is -4.47. The Balaban J connectivity index is 1.61. The molecule has 186 valence electrons. The number of halogens is 1. The normalized spacial score (nSPS) is 10.9. The third-order valence-corrected chi connectivity index (χ3v) is 5.45. The number of ether oxygens (including phenoxy) is 2. The lowest BCUT2D eigenvalue weighted by atomic mass is 10.0. The number of carbonyl (C=O) groups excluding carboxylic acids is 2. The van der Waals surface area contributed by atoms with Crippen LogP contribution in [0.5, 0.6) is 11.6 Å². The van der Waals surface area contributed by atoms with Gasteiger partial charge in [-0.25, -0.2) is 9.37 Å². The van der Waals surface area contributed by atoms with Crippen molar-refractivity contribution in [2.24, 2.45) is 0 Å². The van der Waals surface area contributed by atoms with Gasteiger partial charge in [0.15, 0.2) is 5.69 Å². The Morgan fingerprint density at radius 1 is 1.08 bits per heavy atom. The van der Waals surface area contributed by atoms with Crippen molar-refractivity contribution < 1.29 is 23.5 Å². The maximum atomic E-state index is 13.8. The van der Waals surface area contributed by atoms with Crippen molar-refractivity contribution in [2.75, 3.05) is 14.2 Å². The number of carbonyl (C=O) groups is 2. The first-order chi connectivity index (χ1) is 17.3. The van der Waals surface area contributed by atoms with Crippen molar-refractivity contribution in [3.05, 3.63) is 71.3 Å². The molecule has 10 heteroatoms. The van der Waals surface area contributed by atoms with E-state index in [1.807, 2.05) is 26.0 Å². The average Bonchev–Trinajstić information content (AvgIpc) is 3.30. The molecule has 2 aromatic carbocycles. The second-order valence-corrected chi connectivity index (χ2v) is 8.29. The molecule has 0 aliphatic heterocycles. The van der Waals surface area contributed by atoms with Gasteiger partial charge in [0.05, 0.1) is 18.7 Å². The minimum atomic E-state index is -0.439. The van der Waals surface area contributed by atoms with Gasteiger partial charge in [0, 0.05) is 36.3 Å². The van der Waals surface area contributed by atoms with E-state index in [9.17, 15) is 14.0 Å². The lowest BCUT2D eigenvalue weighted by molar-refractivity contribution is 0.0942. The van der Waals surface area contributed by atoms with Gasteiger partial charge in [-0.1, -0.05) is 6.07 Å². The summed E-state index contributed by atoms with van der Waals surface area (Å²) in [6.07, 6.45) is 1.49. The molecule has 0 unspecified atom stereocenters. The van der Waals surface area contributed by atoms with E-state index >= 15 is 0 Å². The van der Waals surface area contributed by atoms with Crippen LogP contribution in [0, 0.1) is 5.82 Å². The Morgan fingerprint density at radius 2 is 1.89 bits per heavy atom. The van der Waals surface area contributed by atoms with E-state index in [4.69, 9.17) is 9.47 Å². The molecule has 0 fully saturated rings. The van der Waals surface area contributed by atoms with Gasteiger partial charge in [-0.2, -0.15) is 5.10 Å². The van der Waals surface area contributed by atoms with Crippen LogP contribution in [0.3, 0.4) is 0 Å². The number of methoxy groups -OCH3 is 1. The van der Waals surface area contributed by atoms with Crippen LogP contribution in [0.25, 0.3) is 22.0 Å². The Morgan fingerprint density at radius 3 is 2.61 bits per heavy atom. The molecule has 3 N–H and O–H groups in total. The number of H-pyrrole nitrogens is 1. The van der Waals surface area contributed by atoms with Gasteiger partial charge < -0.3 is 20.1 Å². The molecule has 0 bridgehead atoms. The quantitative estimate of drug-likeness (QED) is 0.345. The summed E-state index contributed by atoms with van der Waals surface area (Å²) < 4.78 is 24.9. The zero-order valence-corrected chi connectivity index (χ0v) is 20.3. The molecule has 0 atom stereocenters. The number of pyridine rings is 1. The Kier molecular flexibility index (Phi) is 7.14. The van der Waals surface area contributed by atoms with Crippen LogP contribution in [0.1, 0.15) is 40.3 Å². The third-order valence-electron chi connectivity index (χ3n) is 5.45. The van der Waals surface area contributed by atoms with Crippen molar-refractivity contribution in [3.8, 4) is 22.8 Å². The Labute approximate surface area is 207 Å². The van der Waals surface area contributed by atoms with E-state index < -0.39 is 11.7 Å². The summed E-state index contributed by atoms with van der Waals surface area (Å²) in [6.45, 7) is 3.79. The fraction of sp³-hybridized carbons (Fsp3) is 0.231. The third kappa shape index (κ3) is 5.12. The molecule has 0 saturated heterocycles. The number of benzene rings is 2. The Bertz CT molecular complexity index is 1430. The SMILES string of the molecule is CNC(=O)c1n[nH]c2cc(-c3cnc(OC)c(C(=O)NCc4cc(F)ccc4OC(C)C)c3)ccc12. The molecule has 4 rings (SSSR count). The first-order valence-corrected chi connectivity index (χ1v) is 11.3. The first kappa shape index (κ1) is 24.6. The van der Waals surface area contributed by atoms with Crippen molar-refractivity contribution in [2.45, 2.75) is 26.5 Å². The summed E-state index contributed by atoms with van der Waals surface area (Å²) in [6, 6.07) is 11.3. The molecule has 9 nitrogen and oxygen atoms in total. The van der Waals surface area contributed by atoms with E-state index in [-0.39, 0.29) is 30.0 Å². The number of nitrogens with zero attached hydrogens (tertiary/aromatic N) is 2. The lowest BCUT2D eigenvalue weighted by Gasteiger charge is -2.15. The molecular weight excluding hydrogens is 465 g/mol. The highest BCUT2D eigenvalue weighted by Crippen LogP contribution is 2.28. The number of nitrogens with one attached hydrogen (secondary N) is 3. The second kappa shape index (κ2) is 10.4. The molecular formula is C26H26FN5O4. The summed E-state index contributed by atoms with van der Waals surface area (Å²) in [5.74, 6) is -0.511. The van der Waals surface area contributed by atoms with Gasteiger partial charge in [0.2, 0.25) is 5.88 Å². The van der Waals surface area contributed by atoms with Crippen molar-refractivity contribution in [1.82, 2.24) is 25.8 Å². The van der Waals surface area contributed by atoms with Crippen LogP contribution in [0.15, 0.2) is 48.7 Å². The number of hydrogen-bond donors (Lipinski definition) is 3. The number of fused-ring (bicyclic) bond motifs is 1. The van der Waals surface area contributed by atoms with Gasteiger partial charge in [-0.3, -0.25) is 14.7 Å². The molecule has 36 heavy (non-hydrogen) atoms. The van der Waals surface area contributed by atoms with E-state index in [1.165, 1.54) is 19.2 Å². The van der Waals surface area contributed by atoms with Gasteiger partial charge >= 0.3 is 0 Å². The summed E-state index contributed by atoms with van der Waals surface area (Å²) in [5.41, 5.74) is 3.11. The smallest absolute Gasteiger partial charge is 0.272 e. The minimum Gasteiger partial charge on any atom is -0.491 e. The summed E-state index contributed by atoms with van der Waals surface area (Å²) in [7, 11) is 2.97. The predicted octanol–water partition coefficient (Wildman–Crippen LogP) is 3.85. The van der Waals surface area contributed by atoms with Crippen molar-refractivity contribution >= 4 is 22.7 Å². The summed E-state index contributed by atoms with van der Waals surface area (Å²) >= 11 is 0. The van der Waals surface area contributed by atoms with Gasteiger partial charge in [-0.15, -0.1) is 0 Å². The molecule has 0 saturated carbocycles. The van der Waals surface area contributed by atoms with Crippen molar-refractivity contribution in [1.29, 1.82) is 0 Å². The number of rotatable bonds is 8. The maximum absolute atomic E-state index is 13.8. The number of amides is 2. The van der Waals surface area contributed by atoms with Gasteiger partial charge in [-0.05, 0) is 55.8 Å². The lowest BCUT2D eigenvalue weighted by Crippen LogP contribution is -2.24. The van der Waals surface area contributed by atoms with E-state index in [0.717, 1.165) is 5.56 Å². The molecule has 0 radical (unpaired) electrons. The van der Waals surface area contributed by atoms with Crippen LogP contribution in [-0.2, 0) is 6.54 Å². The van der Waals surface area contributed by atoms with E-state index in [0.29, 0.717) is 33.5 Å². The highest BCUT2D eigenvalue weighted by atomic mass is 19.1. The average molecular weight is 492 g/mol. The largest absolute Gasteiger partial charge is 0.491 e. The van der Waals surface area contributed by atoms with E-state index in [1.54, 1.807) is 31.4 Å². The van der Waals surface area contributed by atoms with Crippen LogP contribution >= 0.6 is 0 Å². The van der Waals surface area contributed by atoms with Crippen LogP contribution in [0.4, 0.5) is 4.39 Å². The summed E-state index contributed by atoms with van der Waals surface area (Å²) in [4.78, 5) is 29.4. The predicted molar refractivity (Wildman–Crippen MR) is 133 cm³/mol. The monoisotopic (exact) mass is 491 g/mol. The molecule has 0 spiro atoms. The molecule has 2 amide bonds. The van der Waals surface area contributed by atoms with Crippen LogP contribution in [0.2, 0.25) is 0 Å². The number of aromatic amines is 1. The van der Waals surface area contributed by atoms with Crippen LogP contribution in [-0.4, -0.2) is 47.3 Å². The summed E-state index contributed by atoms with van der Waals surface area (Å²) in [5, 5.41) is 13.0. The van der Waals surface area contributed by atoms with Crippen molar-refractivity contribution in [3.63, 3.8) is 0 Å². The fourth-order valence-electron chi connectivity index (χ4n) is 3.75. The highest BCUT2D eigenvalue weighted by molar-refractivity contribution is 6.05. The highest BCUT2D eigenvalue weighted by Gasteiger charge is 2.18. The maximum Gasteiger partial charge on any atom is 0.272 e. The number of aromatic nitrogens is 3. The zero-order valence-electron chi connectivity index (χ0n) is 20.3. The van der Waals surface area contributed by atoms with E-state index in [2.05, 4.69) is 25.8 Å². The molecule has 0 aliphatic carbocycles. The van der Waals surface area contributed by atoms with Gasteiger partial charge in [0.25, 0.3) is 11.8 Å². The molecule has 2 heterocycles. The molecule has 0 aliphatic rings. The van der Waals surface area contributed by atoms with Gasteiger partial charge in [0.1, 0.15) is 17.1 Å². The first-order valence-electron chi connectivity index (χ1n) is 11.3. The minimum absolute atomic E-state index is 0.0500. The van der Waals surface area contributed by atoms with Crippen LogP contribution < -0.4 is 20.1 Å². The topological polar surface area (TPSA) is 118 Å². The molecule has 2 aromatic heterocycles. The number of hydrogen-bond acceptors (Lipinski definition) is 6. The molecule has 4 aromatic rings. The standard InChI is InChI=1S/C26H26FN5O4/c1-14(2)36-22-8-6-18(27)9-17(22)13-29-24(33)20-10-16(12-30-26(20)35-4)15-5-7-19-21(11-15)31-32-23(19)25(34)28-3/h5-12,14H,13H2,1-4H3,(H,28,34)(H,29,33)(H,31,32). The zero-order chi connectivity index (χ0) is 25.8. The second-order valence-electron chi connectivity index (χ2n) is 8.29.